The summed E-state index contributed by atoms with van der Waals surface area (Å²) >= 11 is 7.80. The van der Waals surface area contributed by atoms with Crippen LogP contribution in [-0.2, 0) is 11.2 Å². The van der Waals surface area contributed by atoms with Crippen molar-refractivity contribution in [3.63, 3.8) is 0 Å². The summed E-state index contributed by atoms with van der Waals surface area (Å²) in [6, 6.07) is 7.69. The minimum absolute atomic E-state index is 0.374. The number of fused-ring (bicyclic) bond motifs is 2. The zero-order chi connectivity index (χ0) is 16.8. The summed E-state index contributed by atoms with van der Waals surface area (Å²) in [5.41, 5.74) is 2.51. The Morgan fingerprint density at radius 1 is 1.33 bits per heavy atom. The van der Waals surface area contributed by atoms with E-state index in [1.165, 1.54) is 15.3 Å². The predicted octanol–water partition coefficient (Wildman–Crippen LogP) is 2.48. The molecule has 0 aliphatic carbocycles. The fourth-order valence-corrected chi connectivity index (χ4v) is 4.98. The molecule has 0 bridgehead atoms. The second kappa shape index (κ2) is 5.99. The van der Waals surface area contributed by atoms with Gasteiger partial charge >= 0.3 is 5.91 Å². The third-order valence-corrected chi connectivity index (χ3v) is 6.26. The van der Waals surface area contributed by atoms with E-state index in [1.54, 1.807) is 23.1 Å². The summed E-state index contributed by atoms with van der Waals surface area (Å²) < 4.78 is 0. The number of carbonyl (C=O) groups is 2. The molecule has 2 aliphatic rings. The average Bonchev–Trinajstić information content (AvgIpc) is 3.14. The van der Waals surface area contributed by atoms with Crippen LogP contribution in [0.4, 0.5) is 5.69 Å². The maximum Gasteiger partial charge on any atom is 0.303 e. The van der Waals surface area contributed by atoms with Crippen LogP contribution in [0.5, 0.6) is 0 Å². The topological polar surface area (TPSA) is 41.8 Å². The molecule has 3 heterocycles. The van der Waals surface area contributed by atoms with Crippen molar-refractivity contribution in [1.29, 1.82) is 0 Å². The fraction of sp³-hybridized carbons (Fsp3) is 0.333. The number of anilines is 1. The lowest BCUT2D eigenvalue weighted by atomic mass is 9.98. The van der Waals surface area contributed by atoms with Gasteiger partial charge in [-0.15, -0.1) is 11.3 Å². The number of amides is 1. The Hall–Kier alpha value is -1.69. The van der Waals surface area contributed by atoms with Gasteiger partial charge in [0.15, 0.2) is 6.67 Å². The molecule has 124 valence electrons. The van der Waals surface area contributed by atoms with Crippen molar-refractivity contribution in [3.8, 4) is 0 Å². The van der Waals surface area contributed by atoms with E-state index in [4.69, 9.17) is 11.6 Å². The lowest BCUT2D eigenvalue weighted by molar-refractivity contribution is -0.932. The SMILES string of the molecule is CC[C@H]1c2ccsc2CC[NH+]1CN1C(=O)C(=O)c2cc(Cl)ccc21. The molecule has 1 amide bonds. The molecule has 1 aromatic heterocycles. The van der Waals surface area contributed by atoms with Gasteiger partial charge in [0.25, 0.3) is 5.78 Å². The van der Waals surface area contributed by atoms with Crippen molar-refractivity contribution >= 4 is 40.3 Å². The van der Waals surface area contributed by atoms with E-state index in [2.05, 4.69) is 18.4 Å². The van der Waals surface area contributed by atoms with Gasteiger partial charge in [0.2, 0.25) is 0 Å². The molecule has 2 aromatic rings. The summed E-state index contributed by atoms with van der Waals surface area (Å²) in [4.78, 5) is 29.1. The number of benzene rings is 1. The summed E-state index contributed by atoms with van der Waals surface area (Å²) in [5.74, 6) is -0.890. The summed E-state index contributed by atoms with van der Waals surface area (Å²) in [7, 11) is 0. The lowest BCUT2D eigenvalue weighted by Gasteiger charge is -2.34. The number of ketones is 1. The Morgan fingerprint density at radius 2 is 2.17 bits per heavy atom. The van der Waals surface area contributed by atoms with Crippen molar-refractivity contribution in [1.82, 2.24) is 0 Å². The van der Waals surface area contributed by atoms with Crippen LogP contribution in [0.15, 0.2) is 29.6 Å². The van der Waals surface area contributed by atoms with E-state index in [9.17, 15) is 9.59 Å². The molecular formula is C18H18ClN2O2S+. The molecule has 6 heteroatoms. The van der Waals surface area contributed by atoms with Gasteiger partial charge in [-0.05, 0) is 29.6 Å². The highest BCUT2D eigenvalue weighted by Crippen LogP contribution is 2.31. The quantitative estimate of drug-likeness (QED) is 0.853. The smallest absolute Gasteiger partial charge is 0.303 e. The number of nitrogens with zero attached hydrogens (tertiary/aromatic N) is 1. The molecule has 0 fully saturated rings. The first kappa shape index (κ1) is 15.8. The van der Waals surface area contributed by atoms with Crippen LogP contribution < -0.4 is 9.80 Å². The van der Waals surface area contributed by atoms with E-state index in [1.807, 2.05) is 11.3 Å². The Balaban J connectivity index is 1.64. The van der Waals surface area contributed by atoms with Crippen molar-refractivity contribution < 1.29 is 14.5 Å². The largest absolute Gasteiger partial charge is 0.311 e. The van der Waals surface area contributed by atoms with Crippen LogP contribution in [0, 0.1) is 0 Å². The Morgan fingerprint density at radius 3 is 2.96 bits per heavy atom. The first-order valence-electron chi connectivity index (χ1n) is 8.16. The highest BCUT2D eigenvalue weighted by Gasteiger charge is 2.40. The van der Waals surface area contributed by atoms with Crippen LogP contribution in [0.3, 0.4) is 0 Å². The minimum atomic E-state index is -0.451. The molecular weight excluding hydrogens is 344 g/mol. The molecule has 0 saturated carbocycles. The number of carbonyl (C=O) groups excluding carboxylic acids is 2. The Kier molecular flexibility index (Phi) is 3.95. The van der Waals surface area contributed by atoms with Crippen LogP contribution in [0.2, 0.25) is 5.02 Å². The molecule has 1 N–H and O–H groups in total. The van der Waals surface area contributed by atoms with Crippen molar-refractivity contribution in [3.05, 3.63) is 50.7 Å². The maximum absolute atomic E-state index is 12.5. The van der Waals surface area contributed by atoms with Gasteiger partial charge in [0, 0.05) is 28.3 Å². The number of halogens is 1. The van der Waals surface area contributed by atoms with E-state index < -0.39 is 11.7 Å². The van der Waals surface area contributed by atoms with Gasteiger partial charge in [-0.3, -0.25) is 14.5 Å². The van der Waals surface area contributed by atoms with Gasteiger partial charge in [0.05, 0.1) is 17.8 Å². The van der Waals surface area contributed by atoms with Gasteiger partial charge in [-0.25, -0.2) is 0 Å². The van der Waals surface area contributed by atoms with Crippen LogP contribution in [0.25, 0.3) is 0 Å². The average molecular weight is 362 g/mol. The second-order valence-electron chi connectivity index (χ2n) is 6.30. The molecule has 2 atom stereocenters. The van der Waals surface area contributed by atoms with Crippen LogP contribution >= 0.6 is 22.9 Å². The van der Waals surface area contributed by atoms with Gasteiger partial charge < -0.3 is 4.90 Å². The minimum Gasteiger partial charge on any atom is -0.311 e. The molecule has 0 radical (unpaired) electrons. The van der Waals surface area contributed by atoms with E-state index in [0.717, 1.165) is 19.4 Å². The van der Waals surface area contributed by atoms with E-state index in [0.29, 0.717) is 29.0 Å². The second-order valence-corrected chi connectivity index (χ2v) is 7.74. The fourth-order valence-electron chi connectivity index (χ4n) is 3.86. The molecule has 24 heavy (non-hydrogen) atoms. The molecule has 0 saturated heterocycles. The predicted molar refractivity (Wildman–Crippen MR) is 95.0 cm³/mol. The maximum atomic E-state index is 12.5. The molecule has 1 unspecified atom stereocenters. The zero-order valence-electron chi connectivity index (χ0n) is 13.3. The number of hydrogen-bond donors (Lipinski definition) is 1. The third kappa shape index (κ3) is 2.39. The van der Waals surface area contributed by atoms with Gasteiger partial charge in [-0.1, -0.05) is 18.5 Å². The van der Waals surface area contributed by atoms with Crippen LogP contribution in [0.1, 0.15) is 40.2 Å². The molecule has 1 aromatic carbocycles. The number of Topliss-reactive ketones (excluding diaryl/α,β-unsaturated/α-hetero) is 1. The summed E-state index contributed by atoms with van der Waals surface area (Å²) in [5, 5.41) is 2.63. The van der Waals surface area contributed by atoms with Crippen LogP contribution in [-0.4, -0.2) is 24.9 Å². The Bertz CT molecular complexity index is 832. The third-order valence-electron chi connectivity index (χ3n) is 5.02. The highest BCUT2D eigenvalue weighted by molar-refractivity contribution is 7.10. The van der Waals surface area contributed by atoms with E-state index >= 15 is 0 Å². The first-order chi connectivity index (χ1) is 11.6. The number of thiophene rings is 1. The first-order valence-corrected chi connectivity index (χ1v) is 9.42. The van der Waals surface area contributed by atoms with Crippen molar-refractivity contribution in [2.24, 2.45) is 0 Å². The number of rotatable bonds is 3. The van der Waals surface area contributed by atoms with E-state index in [-0.39, 0.29) is 0 Å². The normalized spacial score (nSPS) is 22.7. The highest BCUT2D eigenvalue weighted by atomic mass is 35.5. The molecule has 2 aliphatic heterocycles. The number of quaternary nitrogens is 1. The van der Waals surface area contributed by atoms with Gasteiger partial charge in [0.1, 0.15) is 6.04 Å². The Labute approximate surface area is 149 Å². The number of nitrogens with one attached hydrogen (secondary N) is 1. The standard InChI is InChI=1S/C18H17ClN2O2S/c1-2-14-12-6-8-24-16(12)5-7-20(14)10-21-15-4-3-11(19)9-13(15)17(22)18(21)23/h3-4,6,8-9,14H,2,5,7,10H2,1H3/p+1/t14-/m0/s1. The lowest BCUT2D eigenvalue weighted by Crippen LogP contribution is -3.15. The molecule has 4 rings (SSSR count). The van der Waals surface area contributed by atoms with Gasteiger partial charge in [-0.2, -0.15) is 0 Å². The number of hydrogen-bond acceptors (Lipinski definition) is 3. The molecule has 0 spiro atoms. The monoisotopic (exact) mass is 361 g/mol. The summed E-state index contributed by atoms with van der Waals surface area (Å²) in [6.45, 7) is 3.68. The van der Waals surface area contributed by atoms with Crippen molar-refractivity contribution in [2.75, 3.05) is 18.1 Å². The van der Waals surface area contributed by atoms with Crippen molar-refractivity contribution in [2.45, 2.75) is 25.8 Å². The molecule has 4 nitrogen and oxygen atoms in total. The zero-order valence-corrected chi connectivity index (χ0v) is 14.9. The summed E-state index contributed by atoms with van der Waals surface area (Å²) in [6.07, 6.45) is 2.05.